The molecule has 1 atom stereocenters. The van der Waals surface area contributed by atoms with Crippen molar-refractivity contribution in [1.29, 1.82) is 0 Å². The van der Waals surface area contributed by atoms with Gasteiger partial charge in [-0.3, -0.25) is 0 Å². The van der Waals surface area contributed by atoms with Crippen LogP contribution >= 0.6 is 0 Å². The lowest BCUT2D eigenvalue weighted by Crippen LogP contribution is -2.39. The fraction of sp³-hybridized carbons (Fsp3) is 0.364. The summed E-state index contributed by atoms with van der Waals surface area (Å²) in [6, 6.07) is 4.61. The van der Waals surface area contributed by atoms with Crippen LogP contribution in [0.4, 0.5) is 26.2 Å². The van der Waals surface area contributed by atoms with E-state index in [-0.39, 0.29) is 6.10 Å². The highest BCUT2D eigenvalue weighted by atomic mass is 32.2. The molecule has 0 unspecified atom stereocenters. The molecule has 3 aromatic rings. The number of anilines is 3. The Morgan fingerprint density at radius 3 is 2.52 bits per heavy atom. The number of hydrogen-bond donors (Lipinski definition) is 0. The molecule has 0 bridgehead atoms. The second-order valence-corrected chi connectivity index (χ2v) is 9.34. The second kappa shape index (κ2) is 9.06. The van der Waals surface area contributed by atoms with Gasteiger partial charge in [-0.1, -0.05) is 0 Å². The van der Waals surface area contributed by atoms with E-state index in [1.807, 2.05) is 4.90 Å². The Bertz CT molecular complexity index is 1140. The van der Waals surface area contributed by atoms with E-state index < -0.39 is 22.8 Å². The van der Waals surface area contributed by atoms with Gasteiger partial charge in [-0.05, 0) is 29.7 Å². The average Bonchev–Trinajstić information content (AvgIpc) is 3.25. The first-order valence-corrected chi connectivity index (χ1v) is 12.2. The number of fused-ring (bicyclic) bond motifs is 1. The molecule has 33 heavy (non-hydrogen) atoms. The molecule has 4 heterocycles. The van der Waals surface area contributed by atoms with Crippen molar-refractivity contribution in [3.05, 3.63) is 54.1 Å². The molecule has 0 saturated carbocycles. The van der Waals surface area contributed by atoms with Gasteiger partial charge < -0.3 is 19.1 Å². The van der Waals surface area contributed by atoms with Gasteiger partial charge in [0, 0.05) is 38.5 Å². The molecule has 0 radical (unpaired) electrons. The number of hydrogen-bond acceptors (Lipinski definition) is 8. The molecule has 2 aliphatic rings. The third-order valence-corrected chi connectivity index (χ3v) is 6.79. The van der Waals surface area contributed by atoms with Crippen molar-refractivity contribution in [2.45, 2.75) is 30.3 Å². The molecule has 5 rings (SSSR count). The van der Waals surface area contributed by atoms with Gasteiger partial charge >= 0.3 is 0 Å². The Morgan fingerprint density at radius 2 is 1.82 bits per heavy atom. The fourth-order valence-corrected chi connectivity index (χ4v) is 4.72. The molecule has 0 amide bonds. The summed E-state index contributed by atoms with van der Waals surface area (Å²) >= 11 is -1.25. The lowest BCUT2D eigenvalue weighted by molar-refractivity contribution is 0.162. The normalized spacial score (nSPS) is 17.2. The Labute approximate surface area is 192 Å². The van der Waals surface area contributed by atoms with Gasteiger partial charge in [0.2, 0.25) is 11.8 Å². The standard InChI is InChI=1S/C22H22F2N6O2S/c1-33(31)16-2-3-19(18(24)10-16)30-9-6-17-20(30)27-13-28-21(17)32-15-4-7-29(8-5-15)22-25-11-14(23)12-26-22/h2-3,10-13,15H,4-9H2,1H3/t33-/m0/s1. The topological polar surface area (TPSA) is 90.3 Å². The van der Waals surface area contributed by atoms with E-state index in [0.717, 1.165) is 18.4 Å². The number of aromatic nitrogens is 4. The zero-order valence-corrected chi connectivity index (χ0v) is 18.8. The van der Waals surface area contributed by atoms with Crippen LogP contribution in [-0.4, -0.2) is 56.5 Å². The lowest BCUT2D eigenvalue weighted by Gasteiger charge is -2.32. The van der Waals surface area contributed by atoms with Crippen molar-refractivity contribution in [2.24, 2.45) is 0 Å². The molecule has 1 aromatic carbocycles. The van der Waals surface area contributed by atoms with Crippen molar-refractivity contribution in [3.63, 3.8) is 0 Å². The van der Waals surface area contributed by atoms with Crippen molar-refractivity contribution in [2.75, 3.05) is 35.7 Å². The monoisotopic (exact) mass is 472 g/mol. The van der Waals surface area contributed by atoms with Gasteiger partial charge in [0.05, 0.1) is 23.6 Å². The molecule has 0 aliphatic carbocycles. The van der Waals surface area contributed by atoms with Crippen molar-refractivity contribution >= 4 is 28.6 Å². The highest BCUT2D eigenvalue weighted by Crippen LogP contribution is 2.38. The number of ether oxygens (including phenoxy) is 1. The molecule has 2 aliphatic heterocycles. The Balaban J connectivity index is 1.28. The third kappa shape index (κ3) is 4.42. The predicted octanol–water partition coefficient (Wildman–Crippen LogP) is 3.02. The van der Waals surface area contributed by atoms with Gasteiger partial charge in [0.25, 0.3) is 0 Å². The van der Waals surface area contributed by atoms with E-state index in [9.17, 15) is 13.3 Å². The van der Waals surface area contributed by atoms with Crippen LogP contribution in [-0.2, 0) is 17.6 Å². The van der Waals surface area contributed by atoms with Crippen LogP contribution in [0.15, 0.2) is 41.8 Å². The van der Waals surface area contributed by atoms with Crippen molar-refractivity contribution < 1.29 is 18.1 Å². The maximum atomic E-state index is 14.7. The molecule has 2 aromatic heterocycles. The Kier molecular flexibility index (Phi) is 5.98. The predicted molar refractivity (Wildman–Crippen MR) is 119 cm³/mol. The SMILES string of the molecule is C[S@+]([O-])c1ccc(N2CCc3c(OC4CCN(c5ncc(F)cn5)CC4)ncnc32)c(F)c1. The van der Waals surface area contributed by atoms with Gasteiger partial charge in [0.1, 0.15) is 24.5 Å². The van der Waals surface area contributed by atoms with Gasteiger partial charge in [-0.2, -0.15) is 0 Å². The minimum Gasteiger partial charge on any atom is -0.612 e. The average molecular weight is 473 g/mol. The molecule has 11 heteroatoms. The van der Waals surface area contributed by atoms with E-state index in [2.05, 4.69) is 19.9 Å². The van der Waals surface area contributed by atoms with Gasteiger partial charge in [-0.25, -0.2) is 28.7 Å². The molecule has 8 nitrogen and oxygen atoms in total. The molecule has 172 valence electrons. The first kappa shape index (κ1) is 21.8. The summed E-state index contributed by atoms with van der Waals surface area (Å²) in [6.07, 6.45) is 7.37. The largest absolute Gasteiger partial charge is 0.612 e. The van der Waals surface area contributed by atoms with Crippen LogP contribution in [0.5, 0.6) is 5.88 Å². The number of nitrogens with zero attached hydrogens (tertiary/aromatic N) is 6. The number of halogens is 2. The van der Waals surface area contributed by atoms with Gasteiger partial charge in [-0.15, -0.1) is 0 Å². The number of benzene rings is 1. The Hall–Kier alpha value is -3.05. The maximum absolute atomic E-state index is 14.7. The summed E-state index contributed by atoms with van der Waals surface area (Å²) in [6.45, 7) is 1.92. The summed E-state index contributed by atoms with van der Waals surface area (Å²) in [7, 11) is 0. The van der Waals surface area contributed by atoms with Crippen molar-refractivity contribution in [3.8, 4) is 5.88 Å². The summed E-state index contributed by atoms with van der Waals surface area (Å²) < 4.78 is 45.7. The maximum Gasteiger partial charge on any atom is 0.225 e. The molecular formula is C22H22F2N6O2S. The number of rotatable bonds is 5. The van der Waals surface area contributed by atoms with E-state index in [1.165, 1.54) is 31.0 Å². The van der Waals surface area contributed by atoms with Crippen LogP contribution in [0.1, 0.15) is 18.4 Å². The first-order valence-electron chi connectivity index (χ1n) is 10.6. The van der Waals surface area contributed by atoms with E-state index >= 15 is 0 Å². The molecule has 0 spiro atoms. The van der Waals surface area contributed by atoms with Crippen molar-refractivity contribution in [1.82, 2.24) is 19.9 Å². The van der Waals surface area contributed by atoms with E-state index in [0.29, 0.717) is 54.3 Å². The summed E-state index contributed by atoms with van der Waals surface area (Å²) in [5, 5.41) is 0. The van der Waals surface area contributed by atoms with Crippen LogP contribution in [0, 0.1) is 11.6 Å². The quantitative estimate of drug-likeness (QED) is 0.524. The second-order valence-electron chi connectivity index (χ2n) is 7.96. The summed E-state index contributed by atoms with van der Waals surface area (Å²) in [5.41, 5.74) is 1.24. The number of piperidine rings is 1. The minimum atomic E-state index is -1.25. The van der Waals surface area contributed by atoms with Crippen LogP contribution in [0.2, 0.25) is 0 Å². The van der Waals surface area contributed by atoms with Crippen LogP contribution < -0.4 is 14.5 Å². The van der Waals surface area contributed by atoms with Gasteiger partial charge in [0.15, 0.2) is 16.5 Å². The summed E-state index contributed by atoms with van der Waals surface area (Å²) in [4.78, 5) is 21.1. The van der Waals surface area contributed by atoms with Crippen LogP contribution in [0.3, 0.4) is 0 Å². The highest BCUT2D eigenvalue weighted by molar-refractivity contribution is 7.90. The molecule has 1 saturated heterocycles. The zero-order chi connectivity index (χ0) is 22.9. The lowest BCUT2D eigenvalue weighted by atomic mass is 10.1. The summed E-state index contributed by atoms with van der Waals surface area (Å²) in [5.74, 6) is 0.757. The first-order chi connectivity index (χ1) is 16.0. The highest BCUT2D eigenvalue weighted by Gasteiger charge is 2.30. The van der Waals surface area contributed by atoms with Crippen LogP contribution in [0.25, 0.3) is 0 Å². The smallest absolute Gasteiger partial charge is 0.225 e. The minimum absolute atomic E-state index is 0.0368. The molecule has 0 N–H and O–H groups in total. The van der Waals surface area contributed by atoms with E-state index in [4.69, 9.17) is 4.74 Å². The third-order valence-electron chi connectivity index (χ3n) is 5.88. The molecule has 1 fully saturated rings. The zero-order valence-electron chi connectivity index (χ0n) is 17.9. The van der Waals surface area contributed by atoms with E-state index in [1.54, 1.807) is 17.0 Å². The fourth-order valence-electron chi connectivity index (χ4n) is 4.19. The molecular weight excluding hydrogens is 450 g/mol. The Morgan fingerprint density at radius 1 is 1.06 bits per heavy atom.